The maximum absolute atomic E-state index is 5.53. The molecule has 2 aromatic rings. The Bertz CT molecular complexity index is 568. The molecule has 2 aromatic carbocycles. The zero-order valence-electron chi connectivity index (χ0n) is 11.8. The lowest BCUT2D eigenvalue weighted by Crippen LogP contribution is -2.27. The van der Waals surface area contributed by atoms with Crippen molar-refractivity contribution < 1.29 is 4.74 Å². The van der Waals surface area contributed by atoms with E-state index < -0.39 is 0 Å². The first kappa shape index (κ1) is 14.5. The Balaban J connectivity index is 2.18. The summed E-state index contributed by atoms with van der Waals surface area (Å²) < 4.78 is 5.36. The number of nitrogens with one attached hydrogen (secondary N) is 1. The van der Waals surface area contributed by atoms with Gasteiger partial charge < -0.3 is 10.1 Å². The number of benzene rings is 2. The third-order valence-corrected chi connectivity index (χ3v) is 3.60. The zero-order chi connectivity index (χ0) is 14.4. The van der Waals surface area contributed by atoms with Gasteiger partial charge in [0.25, 0.3) is 0 Å². The second-order valence-electron chi connectivity index (χ2n) is 4.55. The smallest absolute Gasteiger partial charge is 0.129 e. The molecule has 0 aliphatic heterocycles. The Morgan fingerprint density at radius 3 is 2.40 bits per heavy atom. The van der Waals surface area contributed by atoms with E-state index in [0.29, 0.717) is 0 Å². The van der Waals surface area contributed by atoms with Crippen LogP contribution in [-0.4, -0.2) is 12.1 Å². The Morgan fingerprint density at radius 1 is 1.10 bits per heavy atom. The Morgan fingerprint density at radius 2 is 1.75 bits per heavy atom. The first-order valence-electron chi connectivity index (χ1n) is 6.75. The van der Waals surface area contributed by atoms with Crippen LogP contribution in [0, 0.1) is 0 Å². The summed E-state index contributed by atoms with van der Waals surface area (Å²) in [5.74, 6) is 0.799. The van der Waals surface area contributed by atoms with Crippen LogP contribution in [0.3, 0.4) is 0 Å². The minimum atomic E-state index is 0.216. The van der Waals surface area contributed by atoms with E-state index in [0.717, 1.165) is 22.7 Å². The highest BCUT2D eigenvalue weighted by Gasteiger charge is 2.13. The number of ether oxygens (including phenoxy) is 1. The van der Waals surface area contributed by atoms with E-state index in [1.165, 1.54) is 5.56 Å². The van der Waals surface area contributed by atoms with E-state index in [2.05, 4.69) is 24.4 Å². The van der Waals surface area contributed by atoms with Crippen LogP contribution in [-0.2, 0) is 0 Å². The maximum Gasteiger partial charge on any atom is 0.129 e. The van der Waals surface area contributed by atoms with Crippen LogP contribution < -0.4 is 10.1 Å². The average molecular weight is 285 g/mol. The lowest BCUT2D eigenvalue weighted by molar-refractivity contribution is 0.413. The molecule has 0 radical (unpaired) electrons. The molecule has 0 aromatic heterocycles. The number of rotatable bonds is 5. The van der Waals surface area contributed by atoms with Crippen LogP contribution in [0.1, 0.15) is 30.5 Å². The summed E-state index contributed by atoms with van der Waals surface area (Å²) in [6, 6.07) is 18.4. The van der Waals surface area contributed by atoms with Gasteiger partial charge in [0.05, 0.1) is 18.7 Å². The van der Waals surface area contributed by atoms with Crippen molar-refractivity contribution >= 4 is 17.2 Å². The summed E-state index contributed by atoms with van der Waals surface area (Å²) in [6.45, 7) is 2.15. The Labute approximate surface area is 125 Å². The lowest BCUT2D eigenvalue weighted by atomic mass is 10.0. The van der Waals surface area contributed by atoms with Crippen molar-refractivity contribution in [3.63, 3.8) is 0 Å². The van der Waals surface area contributed by atoms with Gasteiger partial charge in [-0.2, -0.15) is 0 Å². The van der Waals surface area contributed by atoms with Crippen molar-refractivity contribution in [3.05, 3.63) is 65.7 Å². The van der Waals surface area contributed by atoms with Gasteiger partial charge in [0, 0.05) is 0 Å². The molecule has 0 spiro atoms. The molecule has 2 rings (SSSR count). The molecule has 0 amide bonds. The molecule has 0 aliphatic rings. The summed E-state index contributed by atoms with van der Waals surface area (Å²) >= 11 is 5.53. The van der Waals surface area contributed by atoms with E-state index in [1.807, 2.05) is 42.5 Å². The fourth-order valence-electron chi connectivity index (χ4n) is 2.17. The summed E-state index contributed by atoms with van der Waals surface area (Å²) in [4.78, 5) is 0.721. The fraction of sp³-hybridized carbons (Fsp3) is 0.235. The topological polar surface area (TPSA) is 21.3 Å². The molecule has 0 bridgehead atoms. The van der Waals surface area contributed by atoms with E-state index >= 15 is 0 Å². The second-order valence-corrected chi connectivity index (χ2v) is 4.95. The first-order chi connectivity index (χ1) is 9.76. The van der Waals surface area contributed by atoms with Crippen molar-refractivity contribution in [2.75, 3.05) is 7.11 Å². The van der Waals surface area contributed by atoms with E-state index in [4.69, 9.17) is 17.0 Å². The molecule has 2 nitrogen and oxygen atoms in total. The van der Waals surface area contributed by atoms with Crippen molar-refractivity contribution in [2.45, 2.75) is 19.4 Å². The minimum absolute atomic E-state index is 0.216. The van der Waals surface area contributed by atoms with Gasteiger partial charge in [0.1, 0.15) is 10.7 Å². The van der Waals surface area contributed by atoms with Crippen LogP contribution in [0.25, 0.3) is 0 Å². The SMILES string of the molecule is CCC(NC(=S)c1ccccc1OC)c1ccccc1. The van der Waals surface area contributed by atoms with Gasteiger partial charge in [-0.1, -0.05) is 61.6 Å². The molecule has 20 heavy (non-hydrogen) atoms. The molecule has 0 heterocycles. The van der Waals surface area contributed by atoms with Crippen molar-refractivity contribution in [1.29, 1.82) is 0 Å². The van der Waals surface area contributed by atoms with Crippen LogP contribution in [0.5, 0.6) is 5.75 Å². The lowest BCUT2D eigenvalue weighted by Gasteiger charge is -2.20. The number of hydrogen-bond acceptors (Lipinski definition) is 2. The van der Waals surface area contributed by atoms with Crippen LogP contribution in [0.2, 0.25) is 0 Å². The predicted octanol–water partition coefficient (Wildman–Crippen LogP) is 4.11. The van der Waals surface area contributed by atoms with Gasteiger partial charge in [-0.05, 0) is 24.1 Å². The molecule has 3 heteroatoms. The van der Waals surface area contributed by atoms with Crippen molar-refractivity contribution in [2.24, 2.45) is 0 Å². The molecular formula is C17H19NOS. The molecule has 0 saturated carbocycles. The molecule has 104 valence electrons. The highest BCUT2D eigenvalue weighted by Crippen LogP contribution is 2.21. The van der Waals surface area contributed by atoms with Gasteiger partial charge in [-0.3, -0.25) is 0 Å². The number of para-hydroxylation sites is 1. The van der Waals surface area contributed by atoms with Crippen LogP contribution in [0.15, 0.2) is 54.6 Å². The fourth-order valence-corrected chi connectivity index (χ4v) is 2.49. The number of hydrogen-bond donors (Lipinski definition) is 1. The van der Waals surface area contributed by atoms with Crippen molar-refractivity contribution in [3.8, 4) is 5.75 Å². The van der Waals surface area contributed by atoms with Crippen LogP contribution in [0.4, 0.5) is 0 Å². The van der Waals surface area contributed by atoms with E-state index in [9.17, 15) is 0 Å². The minimum Gasteiger partial charge on any atom is -0.496 e. The Kier molecular flexibility index (Phi) is 5.13. The molecular weight excluding hydrogens is 266 g/mol. The average Bonchev–Trinajstić information content (AvgIpc) is 2.53. The quantitative estimate of drug-likeness (QED) is 0.835. The van der Waals surface area contributed by atoms with E-state index in [1.54, 1.807) is 7.11 Å². The predicted molar refractivity (Wildman–Crippen MR) is 87.3 cm³/mol. The summed E-state index contributed by atoms with van der Waals surface area (Å²) in [6.07, 6.45) is 0.972. The second kappa shape index (κ2) is 7.06. The van der Waals surface area contributed by atoms with Gasteiger partial charge in [0.15, 0.2) is 0 Å². The summed E-state index contributed by atoms with van der Waals surface area (Å²) in [5, 5.41) is 3.43. The first-order valence-corrected chi connectivity index (χ1v) is 7.16. The largest absolute Gasteiger partial charge is 0.496 e. The number of methoxy groups -OCH3 is 1. The highest BCUT2D eigenvalue weighted by molar-refractivity contribution is 7.80. The molecule has 1 N–H and O–H groups in total. The third-order valence-electron chi connectivity index (χ3n) is 3.27. The van der Waals surface area contributed by atoms with Crippen LogP contribution >= 0.6 is 12.2 Å². The molecule has 1 atom stereocenters. The summed E-state index contributed by atoms with van der Waals surface area (Å²) in [5.41, 5.74) is 2.17. The highest BCUT2D eigenvalue weighted by atomic mass is 32.1. The maximum atomic E-state index is 5.53. The van der Waals surface area contributed by atoms with Gasteiger partial charge in [-0.25, -0.2) is 0 Å². The molecule has 1 unspecified atom stereocenters. The standard InChI is InChI=1S/C17H19NOS/c1-3-15(13-9-5-4-6-10-13)18-17(20)14-11-7-8-12-16(14)19-2/h4-12,15H,3H2,1-2H3,(H,18,20). The van der Waals surface area contributed by atoms with E-state index in [-0.39, 0.29) is 6.04 Å². The van der Waals surface area contributed by atoms with Gasteiger partial charge in [0.2, 0.25) is 0 Å². The molecule has 0 aliphatic carbocycles. The van der Waals surface area contributed by atoms with Crippen molar-refractivity contribution in [1.82, 2.24) is 5.32 Å². The van der Waals surface area contributed by atoms with Gasteiger partial charge >= 0.3 is 0 Å². The molecule has 0 fully saturated rings. The zero-order valence-corrected chi connectivity index (χ0v) is 12.6. The van der Waals surface area contributed by atoms with Gasteiger partial charge in [-0.15, -0.1) is 0 Å². The summed E-state index contributed by atoms with van der Waals surface area (Å²) in [7, 11) is 1.66. The monoisotopic (exact) mass is 285 g/mol. The normalized spacial score (nSPS) is 11.7. The molecule has 0 saturated heterocycles. The Hall–Kier alpha value is -1.87. The third kappa shape index (κ3) is 3.36. The number of thiocarbonyl (C=S) groups is 1.